The Bertz CT molecular complexity index is 944. The molecule has 2 aromatic heterocycles. The van der Waals surface area contributed by atoms with Crippen molar-refractivity contribution in [3.05, 3.63) is 47.6 Å². The van der Waals surface area contributed by atoms with Gasteiger partial charge in [0, 0.05) is 18.3 Å². The molecule has 0 radical (unpaired) electrons. The molecule has 0 spiro atoms. The summed E-state index contributed by atoms with van der Waals surface area (Å²) in [6.07, 6.45) is 1.49. The van der Waals surface area contributed by atoms with E-state index >= 15 is 0 Å². The van der Waals surface area contributed by atoms with Crippen LogP contribution in [0.2, 0.25) is 5.02 Å². The highest BCUT2D eigenvalue weighted by atomic mass is 35.5. The molecule has 3 aromatic rings. The van der Waals surface area contributed by atoms with Gasteiger partial charge in [0.2, 0.25) is 5.91 Å². The van der Waals surface area contributed by atoms with Crippen LogP contribution in [0.4, 0.5) is 5.82 Å². The minimum atomic E-state index is -0.379. The van der Waals surface area contributed by atoms with Gasteiger partial charge in [-0.25, -0.2) is 4.98 Å². The van der Waals surface area contributed by atoms with E-state index in [4.69, 9.17) is 16.3 Å². The van der Waals surface area contributed by atoms with Gasteiger partial charge in [0.1, 0.15) is 11.6 Å². The lowest BCUT2D eigenvalue weighted by Crippen LogP contribution is -2.23. The van der Waals surface area contributed by atoms with E-state index in [-0.39, 0.29) is 11.2 Å². The number of rotatable bonds is 7. The zero-order chi connectivity index (χ0) is 20.1. The van der Waals surface area contributed by atoms with Gasteiger partial charge in [0.05, 0.1) is 17.4 Å². The first-order valence-corrected chi connectivity index (χ1v) is 9.94. The number of nitrogens with zero attached hydrogens (tertiary/aromatic N) is 4. The third kappa shape index (κ3) is 4.63. The van der Waals surface area contributed by atoms with Crippen LogP contribution >= 0.6 is 23.4 Å². The van der Waals surface area contributed by atoms with Crippen LogP contribution in [-0.4, -0.2) is 38.0 Å². The van der Waals surface area contributed by atoms with E-state index in [9.17, 15) is 4.79 Å². The van der Waals surface area contributed by atoms with E-state index in [1.165, 1.54) is 18.0 Å². The predicted octanol–water partition coefficient (Wildman–Crippen LogP) is 4.14. The van der Waals surface area contributed by atoms with Crippen LogP contribution < -0.4 is 10.1 Å². The number of carbonyl (C=O) groups is 1. The molecule has 1 atom stereocenters. The Kier molecular flexibility index (Phi) is 6.53. The summed E-state index contributed by atoms with van der Waals surface area (Å²) in [5.41, 5.74) is 0.935. The minimum absolute atomic E-state index is 0.170. The monoisotopic (exact) mass is 417 g/mol. The van der Waals surface area contributed by atoms with E-state index < -0.39 is 0 Å². The van der Waals surface area contributed by atoms with Crippen LogP contribution in [0.25, 0.3) is 11.4 Å². The van der Waals surface area contributed by atoms with Gasteiger partial charge in [-0.15, -0.1) is 10.2 Å². The molecule has 28 heavy (non-hydrogen) atoms. The van der Waals surface area contributed by atoms with Gasteiger partial charge in [0.15, 0.2) is 11.0 Å². The summed E-state index contributed by atoms with van der Waals surface area (Å²) in [6, 6.07) is 11.0. The smallest absolute Gasteiger partial charge is 0.238 e. The number of benzene rings is 1. The molecule has 0 saturated carbocycles. The van der Waals surface area contributed by atoms with Gasteiger partial charge in [0.25, 0.3) is 0 Å². The molecule has 1 aromatic carbocycles. The van der Waals surface area contributed by atoms with Gasteiger partial charge >= 0.3 is 0 Å². The Hall–Kier alpha value is -2.58. The van der Waals surface area contributed by atoms with E-state index in [1.807, 2.05) is 42.7 Å². The number of hydrogen-bond donors (Lipinski definition) is 1. The molecule has 0 unspecified atom stereocenters. The van der Waals surface area contributed by atoms with Crippen molar-refractivity contribution < 1.29 is 9.53 Å². The maximum atomic E-state index is 12.5. The summed E-state index contributed by atoms with van der Waals surface area (Å²) in [7, 11) is 1.63. The van der Waals surface area contributed by atoms with Gasteiger partial charge in [-0.3, -0.25) is 4.79 Å². The average molecular weight is 418 g/mol. The van der Waals surface area contributed by atoms with Crippen LogP contribution in [0.1, 0.15) is 13.8 Å². The molecular formula is C19H20ClN5O2S. The molecule has 1 amide bonds. The van der Waals surface area contributed by atoms with Crippen molar-refractivity contribution in [1.29, 1.82) is 0 Å². The van der Waals surface area contributed by atoms with Crippen LogP contribution in [-0.2, 0) is 11.3 Å². The second kappa shape index (κ2) is 9.07. The van der Waals surface area contributed by atoms with E-state index in [0.29, 0.717) is 22.5 Å². The van der Waals surface area contributed by atoms with Crippen LogP contribution in [0.5, 0.6) is 5.75 Å². The number of pyridine rings is 1. The van der Waals surface area contributed by atoms with Crippen molar-refractivity contribution in [1.82, 2.24) is 19.7 Å². The number of amides is 1. The number of aromatic nitrogens is 4. The zero-order valence-corrected chi connectivity index (χ0v) is 17.3. The molecule has 0 aliphatic heterocycles. The molecular weight excluding hydrogens is 398 g/mol. The number of nitrogens with one attached hydrogen (secondary N) is 1. The van der Waals surface area contributed by atoms with Crippen molar-refractivity contribution in [2.75, 3.05) is 12.4 Å². The molecule has 0 saturated heterocycles. The van der Waals surface area contributed by atoms with Crippen molar-refractivity contribution in [2.45, 2.75) is 30.8 Å². The number of carbonyl (C=O) groups excluding carboxylic acids is 1. The predicted molar refractivity (Wildman–Crippen MR) is 111 cm³/mol. The molecule has 0 fully saturated rings. The summed E-state index contributed by atoms with van der Waals surface area (Å²) in [6.45, 7) is 4.52. The first-order valence-electron chi connectivity index (χ1n) is 8.68. The van der Waals surface area contributed by atoms with E-state index in [1.54, 1.807) is 19.2 Å². The lowest BCUT2D eigenvalue weighted by atomic mass is 10.2. The fraction of sp³-hybridized carbons (Fsp3) is 0.263. The third-order valence-electron chi connectivity index (χ3n) is 4.01. The molecule has 146 valence electrons. The SMILES string of the molecule is CCn1c(S[C@@H](C)C(=O)Nc2ccc(Cl)cn2)nnc1-c1ccc(OC)cc1. The first kappa shape index (κ1) is 20.2. The summed E-state index contributed by atoms with van der Waals surface area (Å²) >= 11 is 7.16. The fourth-order valence-electron chi connectivity index (χ4n) is 2.50. The Labute approximate surface area is 172 Å². The summed E-state index contributed by atoms with van der Waals surface area (Å²) in [5.74, 6) is 1.82. The second-order valence-electron chi connectivity index (χ2n) is 5.89. The van der Waals surface area contributed by atoms with Gasteiger partial charge < -0.3 is 14.6 Å². The Morgan fingerprint density at radius 1 is 1.25 bits per heavy atom. The fourth-order valence-corrected chi connectivity index (χ4v) is 3.53. The molecule has 9 heteroatoms. The number of halogens is 1. The van der Waals surface area contributed by atoms with Crippen molar-refractivity contribution in [2.24, 2.45) is 0 Å². The Balaban J connectivity index is 1.73. The van der Waals surface area contributed by atoms with Crippen molar-refractivity contribution >= 4 is 35.1 Å². The van der Waals surface area contributed by atoms with Gasteiger partial charge in [-0.2, -0.15) is 0 Å². The Morgan fingerprint density at radius 3 is 2.61 bits per heavy atom. The summed E-state index contributed by atoms with van der Waals surface area (Å²) < 4.78 is 7.18. The van der Waals surface area contributed by atoms with E-state index in [2.05, 4.69) is 20.5 Å². The highest BCUT2D eigenvalue weighted by molar-refractivity contribution is 8.00. The molecule has 1 N–H and O–H groups in total. The zero-order valence-electron chi connectivity index (χ0n) is 15.7. The largest absolute Gasteiger partial charge is 0.497 e. The quantitative estimate of drug-likeness (QED) is 0.582. The number of ether oxygens (including phenoxy) is 1. The molecule has 0 aliphatic rings. The highest BCUT2D eigenvalue weighted by Crippen LogP contribution is 2.28. The standard InChI is InChI=1S/C19H20ClN5O2S/c1-4-25-17(13-5-8-15(27-3)9-6-13)23-24-19(25)28-12(2)18(26)22-16-10-7-14(20)11-21-16/h5-12H,4H2,1-3H3,(H,21,22,26)/t12-/m0/s1. The summed E-state index contributed by atoms with van der Waals surface area (Å²) in [4.78, 5) is 16.6. The van der Waals surface area contributed by atoms with Crippen LogP contribution in [0.15, 0.2) is 47.8 Å². The van der Waals surface area contributed by atoms with Crippen molar-refractivity contribution in [3.63, 3.8) is 0 Å². The first-order chi connectivity index (χ1) is 13.5. The third-order valence-corrected chi connectivity index (χ3v) is 5.32. The second-order valence-corrected chi connectivity index (χ2v) is 7.63. The van der Waals surface area contributed by atoms with Crippen LogP contribution in [0, 0.1) is 0 Å². The lowest BCUT2D eigenvalue weighted by molar-refractivity contribution is -0.115. The van der Waals surface area contributed by atoms with Crippen LogP contribution in [0.3, 0.4) is 0 Å². The maximum Gasteiger partial charge on any atom is 0.238 e. The molecule has 2 heterocycles. The molecule has 0 aliphatic carbocycles. The van der Waals surface area contributed by atoms with E-state index in [0.717, 1.165) is 17.1 Å². The molecule has 7 nitrogen and oxygen atoms in total. The number of anilines is 1. The normalized spacial score (nSPS) is 11.9. The number of thioether (sulfide) groups is 1. The van der Waals surface area contributed by atoms with Gasteiger partial charge in [-0.05, 0) is 50.2 Å². The van der Waals surface area contributed by atoms with Crippen molar-refractivity contribution in [3.8, 4) is 17.1 Å². The topological polar surface area (TPSA) is 81.9 Å². The number of hydrogen-bond acceptors (Lipinski definition) is 6. The lowest BCUT2D eigenvalue weighted by Gasteiger charge is -2.12. The van der Waals surface area contributed by atoms with Gasteiger partial charge in [-0.1, -0.05) is 23.4 Å². The highest BCUT2D eigenvalue weighted by Gasteiger charge is 2.20. The molecule has 0 bridgehead atoms. The average Bonchev–Trinajstić information content (AvgIpc) is 3.12. The number of methoxy groups -OCH3 is 1. The Morgan fingerprint density at radius 2 is 2.00 bits per heavy atom. The minimum Gasteiger partial charge on any atom is -0.497 e. The molecule has 3 rings (SSSR count). The summed E-state index contributed by atoms with van der Waals surface area (Å²) in [5, 5.41) is 12.2. The maximum absolute atomic E-state index is 12.5.